The first-order chi connectivity index (χ1) is 14.2. The lowest BCUT2D eigenvalue weighted by Crippen LogP contribution is -2.51. The van der Waals surface area contributed by atoms with Gasteiger partial charge in [0.15, 0.2) is 0 Å². The highest BCUT2D eigenvalue weighted by molar-refractivity contribution is 7.16. The Morgan fingerprint density at radius 3 is 2.93 bits per heavy atom. The summed E-state index contributed by atoms with van der Waals surface area (Å²) in [6.07, 6.45) is 3.79. The van der Waals surface area contributed by atoms with Crippen LogP contribution >= 0.6 is 11.3 Å². The molecule has 0 N–H and O–H groups in total. The Morgan fingerprint density at radius 2 is 2.03 bits per heavy atom. The van der Waals surface area contributed by atoms with Crippen LogP contribution in [-0.4, -0.2) is 41.5 Å². The van der Waals surface area contributed by atoms with Crippen molar-refractivity contribution in [2.24, 2.45) is 5.92 Å². The molecule has 1 aromatic heterocycles. The van der Waals surface area contributed by atoms with Crippen molar-refractivity contribution in [2.75, 3.05) is 24.5 Å². The van der Waals surface area contributed by atoms with Crippen LogP contribution in [0.2, 0.25) is 0 Å². The van der Waals surface area contributed by atoms with E-state index in [2.05, 4.69) is 28.1 Å². The van der Waals surface area contributed by atoms with Crippen LogP contribution < -0.4 is 4.90 Å². The van der Waals surface area contributed by atoms with Gasteiger partial charge in [-0.2, -0.15) is 0 Å². The molecule has 0 spiro atoms. The number of benzene rings is 2. The second-order valence-electron chi connectivity index (χ2n) is 8.03. The molecule has 0 saturated carbocycles. The van der Waals surface area contributed by atoms with Crippen LogP contribution in [0.5, 0.6) is 0 Å². The molecule has 3 heterocycles. The maximum atomic E-state index is 14.2. The van der Waals surface area contributed by atoms with E-state index in [9.17, 15) is 9.18 Å². The second kappa shape index (κ2) is 7.75. The molecule has 2 fully saturated rings. The number of carbonyl (C=O) groups is 1. The van der Waals surface area contributed by atoms with Crippen LogP contribution in [0.1, 0.15) is 24.8 Å². The van der Waals surface area contributed by atoms with Gasteiger partial charge in [-0.3, -0.25) is 4.79 Å². The number of nitrogens with zero attached hydrogens (tertiary/aromatic N) is 3. The van der Waals surface area contributed by atoms with Gasteiger partial charge in [0.05, 0.1) is 27.5 Å². The molecule has 6 heteroatoms. The Morgan fingerprint density at radius 1 is 1.14 bits per heavy atom. The summed E-state index contributed by atoms with van der Waals surface area (Å²) in [5.41, 5.74) is 4.95. The van der Waals surface area contributed by atoms with Crippen LogP contribution in [0.25, 0.3) is 10.2 Å². The number of hydrogen-bond acceptors (Lipinski definition) is 4. The Bertz CT molecular complexity index is 1040. The van der Waals surface area contributed by atoms with E-state index in [0.29, 0.717) is 24.7 Å². The van der Waals surface area contributed by atoms with Crippen molar-refractivity contribution in [1.82, 2.24) is 9.88 Å². The molecular formula is C23H24FN3OS. The predicted octanol–water partition coefficient (Wildman–Crippen LogP) is 4.50. The number of amides is 1. The molecule has 2 atom stereocenters. The third-order valence-electron chi connectivity index (χ3n) is 6.30. The number of aromatic nitrogens is 1. The van der Waals surface area contributed by atoms with Crippen LogP contribution in [-0.2, 0) is 11.2 Å². The molecule has 2 aliphatic heterocycles. The van der Waals surface area contributed by atoms with Gasteiger partial charge in [-0.1, -0.05) is 24.3 Å². The standard InChI is InChI=1S/C23H24FN3OS/c24-19-8-1-2-10-21(19)26-11-12-27-18(14-26)13-17(23(27)28)7-3-5-16-6-4-9-20-22(16)29-15-25-20/h1-2,4,6,8-10,15,17-18H,3,5,7,11-14H2/t17-,18-/m0/s1. The molecule has 2 aromatic carbocycles. The van der Waals surface area contributed by atoms with E-state index in [1.807, 2.05) is 22.5 Å². The minimum atomic E-state index is -0.181. The van der Waals surface area contributed by atoms with Gasteiger partial charge in [0.25, 0.3) is 0 Å². The molecule has 0 bridgehead atoms. The smallest absolute Gasteiger partial charge is 0.226 e. The topological polar surface area (TPSA) is 36.4 Å². The predicted molar refractivity (Wildman–Crippen MR) is 115 cm³/mol. The maximum Gasteiger partial charge on any atom is 0.226 e. The average molecular weight is 410 g/mol. The fourth-order valence-corrected chi connectivity index (χ4v) is 5.69. The number of fused-ring (bicyclic) bond motifs is 2. The van der Waals surface area contributed by atoms with E-state index in [-0.39, 0.29) is 17.8 Å². The monoisotopic (exact) mass is 409 g/mol. The number of anilines is 1. The summed E-state index contributed by atoms with van der Waals surface area (Å²) in [5, 5.41) is 0. The summed E-state index contributed by atoms with van der Waals surface area (Å²) in [7, 11) is 0. The molecule has 3 aromatic rings. The van der Waals surface area contributed by atoms with Gasteiger partial charge in [0.1, 0.15) is 5.82 Å². The quantitative estimate of drug-likeness (QED) is 0.623. The van der Waals surface area contributed by atoms with Crippen molar-refractivity contribution < 1.29 is 9.18 Å². The highest BCUT2D eigenvalue weighted by Crippen LogP contribution is 2.33. The van der Waals surface area contributed by atoms with Gasteiger partial charge in [-0.25, -0.2) is 9.37 Å². The van der Waals surface area contributed by atoms with E-state index in [1.54, 1.807) is 17.4 Å². The van der Waals surface area contributed by atoms with Crippen molar-refractivity contribution in [3.05, 3.63) is 59.4 Å². The van der Waals surface area contributed by atoms with E-state index in [4.69, 9.17) is 0 Å². The number of halogens is 1. The van der Waals surface area contributed by atoms with Crippen LogP contribution in [0.15, 0.2) is 48.0 Å². The highest BCUT2D eigenvalue weighted by atomic mass is 32.1. The molecule has 0 unspecified atom stereocenters. The number of aryl methyl sites for hydroxylation is 1. The number of piperazine rings is 1. The number of thiazole rings is 1. The van der Waals surface area contributed by atoms with Gasteiger partial charge < -0.3 is 9.80 Å². The average Bonchev–Trinajstić information content (AvgIpc) is 3.33. The SMILES string of the molecule is O=C1[C@@H](CCCc2cccc3ncsc23)C[C@H]2CN(c3ccccc3F)CCN12. The van der Waals surface area contributed by atoms with Crippen LogP contribution in [0.3, 0.4) is 0 Å². The lowest BCUT2D eigenvalue weighted by atomic mass is 9.96. The first-order valence-corrected chi connectivity index (χ1v) is 11.2. The zero-order chi connectivity index (χ0) is 19.8. The first kappa shape index (κ1) is 18.6. The Labute approximate surface area is 174 Å². The lowest BCUT2D eigenvalue weighted by Gasteiger charge is -2.38. The van der Waals surface area contributed by atoms with Gasteiger partial charge in [-0.05, 0) is 49.4 Å². The largest absolute Gasteiger partial charge is 0.365 e. The zero-order valence-electron chi connectivity index (χ0n) is 16.3. The highest BCUT2D eigenvalue weighted by Gasteiger charge is 2.42. The Kier molecular flexibility index (Phi) is 4.96. The van der Waals surface area contributed by atoms with Crippen molar-refractivity contribution >= 4 is 33.1 Å². The summed E-state index contributed by atoms with van der Waals surface area (Å²) in [4.78, 5) is 21.4. The van der Waals surface area contributed by atoms with E-state index >= 15 is 0 Å². The first-order valence-electron chi connectivity index (χ1n) is 10.3. The maximum absolute atomic E-state index is 14.2. The normalized spacial score (nSPS) is 21.8. The number of rotatable bonds is 5. The van der Waals surface area contributed by atoms with Crippen molar-refractivity contribution in [2.45, 2.75) is 31.7 Å². The van der Waals surface area contributed by atoms with Crippen LogP contribution in [0, 0.1) is 11.7 Å². The summed E-state index contributed by atoms with van der Waals surface area (Å²) in [6, 6.07) is 13.4. The van der Waals surface area contributed by atoms with E-state index < -0.39 is 0 Å². The van der Waals surface area contributed by atoms with Crippen LogP contribution in [0.4, 0.5) is 10.1 Å². The summed E-state index contributed by atoms with van der Waals surface area (Å²) < 4.78 is 15.4. The Hall–Kier alpha value is -2.47. The number of para-hydroxylation sites is 1. The molecular weight excluding hydrogens is 385 g/mol. The minimum Gasteiger partial charge on any atom is -0.365 e. The molecule has 1 amide bonds. The van der Waals surface area contributed by atoms with Gasteiger partial charge in [0.2, 0.25) is 5.91 Å². The number of carbonyl (C=O) groups excluding carboxylic acids is 1. The summed E-state index contributed by atoms with van der Waals surface area (Å²) >= 11 is 1.69. The fraction of sp³-hybridized carbons (Fsp3) is 0.391. The summed E-state index contributed by atoms with van der Waals surface area (Å²) in [6.45, 7) is 2.11. The molecule has 5 rings (SSSR count). The Balaban J connectivity index is 1.21. The van der Waals surface area contributed by atoms with Gasteiger partial charge >= 0.3 is 0 Å². The molecule has 4 nitrogen and oxygen atoms in total. The molecule has 2 saturated heterocycles. The third-order valence-corrected chi connectivity index (χ3v) is 7.22. The minimum absolute atomic E-state index is 0.0984. The van der Waals surface area contributed by atoms with E-state index in [1.165, 1.54) is 16.3 Å². The third kappa shape index (κ3) is 3.50. The van der Waals surface area contributed by atoms with Crippen molar-refractivity contribution in [3.8, 4) is 0 Å². The van der Waals surface area contributed by atoms with Crippen molar-refractivity contribution in [1.29, 1.82) is 0 Å². The molecule has 2 aliphatic rings. The second-order valence-corrected chi connectivity index (χ2v) is 8.88. The summed E-state index contributed by atoms with van der Waals surface area (Å²) in [5.74, 6) is 0.208. The molecule has 0 radical (unpaired) electrons. The van der Waals surface area contributed by atoms with Gasteiger partial charge in [-0.15, -0.1) is 11.3 Å². The van der Waals surface area contributed by atoms with Gasteiger partial charge in [0, 0.05) is 25.6 Å². The lowest BCUT2D eigenvalue weighted by molar-refractivity contribution is -0.132. The molecule has 150 valence electrons. The zero-order valence-corrected chi connectivity index (χ0v) is 17.1. The fourth-order valence-electron chi connectivity index (χ4n) is 4.86. The van der Waals surface area contributed by atoms with Crippen molar-refractivity contribution in [3.63, 3.8) is 0 Å². The molecule has 29 heavy (non-hydrogen) atoms. The molecule has 0 aliphatic carbocycles. The van der Waals surface area contributed by atoms with E-state index in [0.717, 1.165) is 37.7 Å². The number of hydrogen-bond donors (Lipinski definition) is 0.